The molecule has 0 aliphatic heterocycles. The number of carbonyl (C=O) groups excluding carboxylic acids is 2. The Labute approximate surface area is 632 Å². The summed E-state index contributed by atoms with van der Waals surface area (Å²) in [5.41, 5.74) is 0. The van der Waals surface area contributed by atoms with Gasteiger partial charge in [0, 0.05) is 12.8 Å². The summed E-state index contributed by atoms with van der Waals surface area (Å²) in [4.78, 5) is 36.1. The van der Waals surface area contributed by atoms with Gasteiger partial charge in [0.05, 0.1) is 27.7 Å². The molecule has 2 unspecified atom stereocenters. The maximum atomic E-state index is 12.9. The summed E-state index contributed by atoms with van der Waals surface area (Å²) in [6.07, 6.45) is 107. The number of hydrogen-bond donors (Lipinski definition) is 1. The van der Waals surface area contributed by atoms with Crippen LogP contribution >= 0.6 is 7.82 Å². The van der Waals surface area contributed by atoms with E-state index in [2.05, 4.69) is 26.0 Å². The Kier molecular flexibility index (Phi) is 81.8. The maximum Gasteiger partial charge on any atom is 0.472 e. The fourth-order valence-electron chi connectivity index (χ4n) is 14.6. The average molecular weight is 1450 g/mol. The molecule has 101 heavy (non-hydrogen) atoms. The first-order valence-electron chi connectivity index (χ1n) is 45.9. The first-order chi connectivity index (χ1) is 49.5. The van der Waals surface area contributed by atoms with Crippen LogP contribution in [0.25, 0.3) is 0 Å². The standard InChI is InChI=1S/C91H180NO8P/c1-6-8-10-12-14-16-18-20-22-24-26-28-30-32-34-36-38-40-42-44-45-46-48-49-51-53-55-57-59-61-63-65-67-69-71-73-75-77-79-81-83-90(93)97-87-89(88-99-101(95,96)98-86-85-92(3,4)5)100-91(94)84-82-80-78-76-74-72-70-68-66-64-62-60-58-56-54-52-50-47-43-41-39-37-35-33-31-29-27-25-23-21-19-17-15-13-11-9-7-2/h25,27,89H,6-24,26,28-88H2,1-5H3/p+1/b27-25-. The molecule has 0 fully saturated rings. The fourth-order valence-corrected chi connectivity index (χ4v) is 15.3. The topological polar surface area (TPSA) is 108 Å². The van der Waals surface area contributed by atoms with E-state index in [4.69, 9.17) is 18.5 Å². The summed E-state index contributed by atoms with van der Waals surface area (Å²) in [5, 5.41) is 0. The van der Waals surface area contributed by atoms with Gasteiger partial charge < -0.3 is 18.9 Å². The van der Waals surface area contributed by atoms with Gasteiger partial charge >= 0.3 is 19.8 Å². The van der Waals surface area contributed by atoms with E-state index in [0.717, 1.165) is 38.5 Å². The lowest BCUT2D eigenvalue weighted by Gasteiger charge is -2.24. The molecular formula is C91H181NO8P+. The van der Waals surface area contributed by atoms with E-state index in [0.29, 0.717) is 17.4 Å². The summed E-state index contributed by atoms with van der Waals surface area (Å²) in [6.45, 7) is 4.54. The second-order valence-corrected chi connectivity index (χ2v) is 34.5. The molecular weight excluding hydrogens is 1270 g/mol. The van der Waals surface area contributed by atoms with Crippen molar-refractivity contribution in [2.75, 3.05) is 47.5 Å². The maximum absolute atomic E-state index is 12.9. The molecule has 0 aromatic rings. The SMILES string of the molecule is CCCCCCCCCC/C=C\CCCCCCCCCCCCCCCCCCCCCCCCCCCC(=O)OC(COC(=O)CCCCCCCCCCCCCCCCCCCCCCCCCCCCCCCCCCCCCCCCCC)COP(=O)(O)OCC[N+](C)(C)C. The lowest BCUT2D eigenvalue weighted by Crippen LogP contribution is -2.37. The van der Waals surface area contributed by atoms with Gasteiger partial charge in [-0.15, -0.1) is 0 Å². The van der Waals surface area contributed by atoms with Crippen LogP contribution in [0.4, 0.5) is 0 Å². The highest BCUT2D eigenvalue weighted by atomic mass is 31.2. The number of hydrogen-bond acceptors (Lipinski definition) is 7. The zero-order chi connectivity index (χ0) is 73.3. The second-order valence-electron chi connectivity index (χ2n) is 33.1. The van der Waals surface area contributed by atoms with E-state index >= 15 is 0 Å². The lowest BCUT2D eigenvalue weighted by atomic mass is 10.0. The van der Waals surface area contributed by atoms with Crippen molar-refractivity contribution in [2.24, 2.45) is 0 Å². The molecule has 0 saturated carbocycles. The summed E-state index contributed by atoms with van der Waals surface area (Å²) < 4.78 is 34.9. The Balaban J connectivity index is 3.81. The molecule has 0 aliphatic rings. The molecule has 1 N–H and O–H groups in total. The Morgan fingerprint density at radius 3 is 0.733 bits per heavy atom. The predicted molar refractivity (Wildman–Crippen MR) is 441 cm³/mol. The third-order valence-corrected chi connectivity index (χ3v) is 22.5. The van der Waals surface area contributed by atoms with Gasteiger partial charge in [0.15, 0.2) is 6.10 Å². The van der Waals surface area contributed by atoms with Crippen LogP contribution < -0.4 is 0 Å². The van der Waals surface area contributed by atoms with E-state index < -0.39 is 26.5 Å². The number of phosphoric ester groups is 1. The van der Waals surface area contributed by atoms with Crippen LogP contribution in [0.2, 0.25) is 0 Å². The number of likely N-dealkylation sites (N-methyl/N-ethyl adjacent to an activating group) is 1. The van der Waals surface area contributed by atoms with Crippen molar-refractivity contribution in [1.29, 1.82) is 0 Å². The van der Waals surface area contributed by atoms with Crippen molar-refractivity contribution in [3.05, 3.63) is 12.2 Å². The predicted octanol–water partition coefficient (Wildman–Crippen LogP) is 30.9. The van der Waals surface area contributed by atoms with Crippen molar-refractivity contribution in [2.45, 2.75) is 514 Å². The van der Waals surface area contributed by atoms with Gasteiger partial charge in [-0.2, -0.15) is 0 Å². The van der Waals surface area contributed by atoms with Gasteiger partial charge in [-0.1, -0.05) is 469 Å². The normalized spacial score (nSPS) is 12.9. The van der Waals surface area contributed by atoms with Crippen molar-refractivity contribution in [3.63, 3.8) is 0 Å². The molecule has 0 rings (SSSR count). The third-order valence-electron chi connectivity index (χ3n) is 21.5. The van der Waals surface area contributed by atoms with Crippen LogP contribution in [0.3, 0.4) is 0 Å². The molecule has 2 atom stereocenters. The zero-order valence-corrected chi connectivity index (χ0v) is 70.1. The Morgan fingerprint density at radius 2 is 0.505 bits per heavy atom. The molecule has 0 aromatic carbocycles. The number of esters is 2. The van der Waals surface area contributed by atoms with Crippen molar-refractivity contribution in [3.8, 4) is 0 Å². The number of rotatable bonds is 88. The van der Waals surface area contributed by atoms with Crippen LogP contribution in [-0.4, -0.2) is 74.9 Å². The van der Waals surface area contributed by atoms with E-state index in [1.165, 1.54) is 443 Å². The Morgan fingerprint density at radius 1 is 0.297 bits per heavy atom. The lowest BCUT2D eigenvalue weighted by molar-refractivity contribution is -0.870. The first kappa shape index (κ1) is 99.8. The quantitative estimate of drug-likeness (QED) is 0.0211. The molecule has 10 heteroatoms. The van der Waals surface area contributed by atoms with Crippen LogP contribution in [0.15, 0.2) is 12.2 Å². The monoisotopic (exact) mass is 1450 g/mol. The average Bonchev–Trinajstić information content (AvgIpc) is 0.958. The molecule has 9 nitrogen and oxygen atoms in total. The molecule has 0 aromatic heterocycles. The number of phosphoric acid groups is 1. The van der Waals surface area contributed by atoms with E-state index in [9.17, 15) is 19.0 Å². The minimum absolute atomic E-state index is 0.0372. The highest BCUT2D eigenvalue weighted by Gasteiger charge is 2.27. The number of ether oxygens (including phenoxy) is 2. The molecule has 0 heterocycles. The molecule has 0 radical (unpaired) electrons. The van der Waals surface area contributed by atoms with Crippen LogP contribution in [0.5, 0.6) is 0 Å². The number of nitrogens with zero attached hydrogens (tertiary/aromatic N) is 1. The van der Waals surface area contributed by atoms with Crippen molar-refractivity contribution < 1.29 is 42.1 Å². The summed E-state index contributed by atoms with van der Waals surface area (Å²) in [6, 6.07) is 0. The largest absolute Gasteiger partial charge is 0.472 e. The highest BCUT2D eigenvalue weighted by Crippen LogP contribution is 2.43. The van der Waals surface area contributed by atoms with Gasteiger partial charge in [0.25, 0.3) is 0 Å². The molecule has 0 aliphatic carbocycles. The van der Waals surface area contributed by atoms with Gasteiger partial charge in [0.2, 0.25) is 0 Å². The Bertz CT molecular complexity index is 1700. The van der Waals surface area contributed by atoms with Crippen LogP contribution in [-0.2, 0) is 32.7 Å². The smallest absolute Gasteiger partial charge is 0.462 e. The van der Waals surface area contributed by atoms with Gasteiger partial charge in [0.1, 0.15) is 19.8 Å². The van der Waals surface area contributed by atoms with Gasteiger partial charge in [-0.05, 0) is 38.5 Å². The van der Waals surface area contributed by atoms with Crippen LogP contribution in [0, 0.1) is 0 Å². The zero-order valence-electron chi connectivity index (χ0n) is 69.2. The molecule has 0 bridgehead atoms. The van der Waals surface area contributed by atoms with Gasteiger partial charge in [-0.25, -0.2) is 4.57 Å². The summed E-state index contributed by atoms with van der Waals surface area (Å²) in [7, 11) is 1.51. The number of quaternary nitrogens is 1. The first-order valence-corrected chi connectivity index (χ1v) is 47.4. The van der Waals surface area contributed by atoms with Crippen molar-refractivity contribution >= 4 is 19.8 Å². The summed E-state index contributed by atoms with van der Waals surface area (Å²) >= 11 is 0. The van der Waals surface area contributed by atoms with Crippen molar-refractivity contribution in [1.82, 2.24) is 0 Å². The fraction of sp³-hybridized carbons (Fsp3) is 0.956. The molecule has 602 valence electrons. The third kappa shape index (κ3) is 87.6. The Hall–Kier alpha value is -1.25. The second kappa shape index (κ2) is 82.8. The van der Waals surface area contributed by atoms with Gasteiger partial charge in [-0.3, -0.25) is 18.6 Å². The van der Waals surface area contributed by atoms with E-state index in [1.807, 2.05) is 21.1 Å². The highest BCUT2D eigenvalue weighted by molar-refractivity contribution is 7.47. The summed E-state index contributed by atoms with van der Waals surface area (Å²) in [5.74, 6) is -0.763. The molecule has 0 amide bonds. The van der Waals surface area contributed by atoms with Crippen LogP contribution in [0.1, 0.15) is 508 Å². The minimum atomic E-state index is -4.39. The number of carbonyl (C=O) groups is 2. The minimum Gasteiger partial charge on any atom is -0.462 e. The molecule has 0 saturated heterocycles. The number of unbranched alkanes of at least 4 members (excludes halogenated alkanes) is 72. The molecule has 0 spiro atoms. The number of allylic oxidation sites excluding steroid dienone is 2. The van der Waals surface area contributed by atoms with E-state index in [1.54, 1.807) is 0 Å². The van der Waals surface area contributed by atoms with E-state index in [-0.39, 0.29) is 25.6 Å².